The van der Waals surface area contributed by atoms with Crippen LogP contribution in [0.3, 0.4) is 0 Å². The Balaban J connectivity index is 1.84. The molecular weight excluding hydrogens is 387 g/mol. The largest absolute Gasteiger partial charge is 0.524 e. The van der Waals surface area contributed by atoms with Crippen LogP contribution < -0.4 is 4.52 Å². The fourth-order valence-corrected chi connectivity index (χ4v) is 3.48. The predicted molar refractivity (Wildman–Crippen MR) is 113 cm³/mol. The molecule has 0 aliphatic rings. The summed E-state index contributed by atoms with van der Waals surface area (Å²) in [5.74, 6) is 0.0772. The van der Waals surface area contributed by atoms with E-state index in [-0.39, 0.29) is 5.75 Å². The fourth-order valence-electron chi connectivity index (χ4n) is 3.07. The Hall–Kier alpha value is -3.31. The number of benzene rings is 4. The molecule has 0 bridgehead atoms. The molecule has 6 nitrogen and oxygen atoms in total. The maximum Gasteiger partial charge on any atom is 0.524 e. The van der Waals surface area contributed by atoms with Gasteiger partial charge in [-0.25, -0.2) is 4.57 Å². The third-order valence-electron chi connectivity index (χ3n) is 4.30. The van der Waals surface area contributed by atoms with E-state index in [0.29, 0.717) is 16.9 Å². The molecule has 0 aromatic heterocycles. The van der Waals surface area contributed by atoms with E-state index >= 15 is 0 Å². The second-order valence-electron chi connectivity index (χ2n) is 6.32. The summed E-state index contributed by atoms with van der Waals surface area (Å²) < 4.78 is 16.4. The van der Waals surface area contributed by atoms with Crippen LogP contribution in [0.15, 0.2) is 101 Å². The lowest BCUT2D eigenvalue weighted by Crippen LogP contribution is -1.93. The summed E-state index contributed by atoms with van der Waals surface area (Å²) >= 11 is 0. The molecule has 4 aromatic carbocycles. The third kappa shape index (κ3) is 4.58. The van der Waals surface area contributed by atoms with Crippen molar-refractivity contribution in [2.75, 3.05) is 0 Å². The van der Waals surface area contributed by atoms with E-state index in [2.05, 4.69) is 10.2 Å². The van der Waals surface area contributed by atoms with Gasteiger partial charge in [-0.2, -0.15) is 10.2 Å². The van der Waals surface area contributed by atoms with Crippen molar-refractivity contribution >= 4 is 30.0 Å². The molecular formula is C22H17N2O4P. The molecule has 4 aromatic rings. The highest BCUT2D eigenvalue weighted by molar-refractivity contribution is 7.46. The van der Waals surface area contributed by atoms with E-state index in [0.717, 1.165) is 16.3 Å². The van der Waals surface area contributed by atoms with Crippen LogP contribution in [0.1, 0.15) is 0 Å². The lowest BCUT2D eigenvalue weighted by molar-refractivity contribution is 0.283. The first-order chi connectivity index (χ1) is 14.0. The number of phosphoric ester groups is 1. The molecule has 0 heterocycles. The lowest BCUT2D eigenvalue weighted by atomic mass is 9.97. The van der Waals surface area contributed by atoms with E-state index in [1.807, 2.05) is 72.8 Å². The summed E-state index contributed by atoms with van der Waals surface area (Å²) in [6.07, 6.45) is 0. The third-order valence-corrected chi connectivity index (χ3v) is 4.73. The average Bonchev–Trinajstić information content (AvgIpc) is 2.72. The molecule has 0 radical (unpaired) electrons. The van der Waals surface area contributed by atoms with Crippen molar-refractivity contribution in [2.45, 2.75) is 0 Å². The molecule has 0 saturated heterocycles. The molecule has 4 rings (SSSR count). The van der Waals surface area contributed by atoms with E-state index in [4.69, 9.17) is 4.52 Å². The van der Waals surface area contributed by atoms with Crippen LogP contribution in [0.25, 0.3) is 21.9 Å². The number of hydrogen-bond acceptors (Lipinski definition) is 4. The number of phosphoric acid groups is 1. The minimum absolute atomic E-state index is 0.0772. The zero-order valence-corrected chi connectivity index (χ0v) is 16.1. The van der Waals surface area contributed by atoms with Crippen molar-refractivity contribution in [3.8, 4) is 16.9 Å². The van der Waals surface area contributed by atoms with Gasteiger partial charge in [0.1, 0.15) is 5.75 Å². The van der Waals surface area contributed by atoms with E-state index in [1.165, 1.54) is 6.07 Å². The summed E-state index contributed by atoms with van der Waals surface area (Å²) in [7, 11) is -4.73. The summed E-state index contributed by atoms with van der Waals surface area (Å²) in [6.45, 7) is 0. The summed E-state index contributed by atoms with van der Waals surface area (Å²) in [5, 5.41) is 10.4. The Bertz CT molecular complexity index is 1230. The monoisotopic (exact) mass is 404 g/mol. The molecule has 29 heavy (non-hydrogen) atoms. The average molecular weight is 404 g/mol. The number of azo groups is 1. The highest BCUT2D eigenvalue weighted by Crippen LogP contribution is 2.45. The second kappa shape index (κ2) is 7.97. The molecule has 144 valence electrons. The Kier molecular flexibility index (Phi) is 5.23. The quantitative estimate of drug-likeness (QED) is 0.298. The van der Waals surface area contributed by atoms with Gasteiger partial charge in [0.05, 0.1) is 11.4 Å². The van der Waals surface area contributed by atoms with Crippen LogP contribution in [-0.4, -0.2) is 9.79 Å². The van der Waals surface area contributed by atoms with Gasteiger partial charge in [-0.15, -0.1) is 0 Å². The van der Waals surface area contributed by atoms with Gasteiger partial charge >= 0.3 is 7.82 Å². The van der Waals surface area contributed by atoms with Gasteiger partial charge in [0.25, 0.3) is 0 Å². The normalized spacial score (nSPS) is 11.8. The Labute approximate surface area is 167 Å². The van der Waals surface area contributed by atoms with Crippen LogP contribution >= 0.6 is 7.82 Å². The summed E-state index contributed by atoms with van der Waals surface area (Å²) in [5.41, 5.74) is 2.54. The van der Waals surface area contributed by atoms with E-state index in [9.17, 15) is 14.4 Å². The van der Waals surface area contributed by atoms with Crippen LogP contribution in [0, 0.1) is 0 Å². The summed E-state index contributed by atoms with van der Waals surface area (Å²) in [4.78, 5) is 18.6. The first-order valence-corrected chi connectivity index (χ1v) is 10.4. The van der Waals surface area contributed by atoms with Gasteiger partial charge in [0.15, 0.2) is 0 Å². The zero-order chi connectivity index (χ0) is 20.3. The van der Waals surface area contributed by atoms with Crippen LogP contribution in [0.2, 0.25) is 0 Å². The maximum absolute atomic E-state index is 11.5. The Morgan fingerprint density at radius 1 is 0.690 bits per heavy atom. The van der Waals surface area contributed by atoms with Crippen molar-refractivity contribution in [3.63, 3.8) is 0 Å². The number of fused-ring (bicyclic) bond motifs is 1. The molecule has 0 unspecified atom stereocenters. The highest BCUT2D eigenvalue weighted by atomic mass is 31.2. The standard InChI is InChI=1S/C22H17N2O4P/c25-29(26,27)28-22-14-13-18(24-23-17-9-2-1-3-10-17)15-21(22)20-12-6-8-16-7-4-5-11-19(16)20/h1-15H,(H2,25,26,27). The van der Waals surface area contributed by atoms with Gasteiger partial charge in [0, 0.05) is 5.56 Å². The molecule has 2 N–H and O–H groups in total. The minimum Gasteiger partial charge on any atom is -0.404 e. The Morgan fingerprint density at radius 2 is 1.38 bits per heavy atom. The highest BCUT2D eigenvalue weighted by Gasteiger charge is 2.20. The van der Waals surface area contributed by atoms with Gasteiger partial charge in [-0.05, 0) is 46.7 Å². The number of nitrogens with zero attached hydrogens (tertiary/aromatic N) is 2. The van der Waals surface area contributed by atoms with Crippen LogP contribution in [0.4, 0.5) is 11.4 Å². The van der Waals surface area contributed by atoms with Crippen molar-refractivity contribution in [1.29, 1.82) is 0 Å². The first-order valence-electron chi connectivity index (χ1n) is 8.84. The number of rotatable bonds is 5. The van der Waals surface area contributed by atoms with Gasteiger partial charge in [0.2, 0.25) is 0 Å². The van der Waals surface area contributed by atoms with Gasteiger partial charge in [-0.3, -0.25) is 9.79 Å². The SMILES string of the molecule is O=P(O)(O)Oc1ccc(N=Nc2ccccc2)cc1-c1cccc2ccccc12. The summed E-state index contributed by atoms with van der Waals surface area (Å²) in [6, 6.07) is 27.6. The molecule has 0 saturated carbocycles. The van der Waals surface area contributed by atoms with Crippen molar-refractivity contribution in [2.24, 2.45) is 10.2 Å². The first kappa shape index (κ1) is 19.0. The fraction of sp³-hybridized carbons (Fsp3) is 0. The molecule has 0 fully saturated rings. The molecule has 0 spiro atoms. The van der Waals surface area contributed by atoms with Crippen LogP contribution in [0.5, 0.6) is 5.75 Å². The molecule has 7 heteroatoms. The molecule has 0 aliphatic carbocycles. The maximum atomic E-state index is 11.5. The zero-order valence-electron chi connectivity index (χ0n) is 15.2. The molecule has 0 atom stereocenters. The van der Waals surface area contributed by atoms with E-state index < -0.39 is 7.82 Å². The topological polar surface area (TPSA) is 91.5 Å². The predicted octanol–water partition coefficient (Wildman–Crippen LogP) is 6.39. The van der Waals surface area contributed by atoms with Crippen molar-refractivity contribution in [1.82, 2.24) is 0 Å². The Morgan fingerprint density at radius 3 is 2.17 bits per heavy atom. The minimum atomic E-state index is -4.73. The van der Waals surface area contributed by atoms with E-state index in [1.54, 1.807) is 12.1 Å². The lowest BCUT2D eigenvalue weighted by Gasteiger charge is -2.14. The van der Waals surface area contributed by atoms with Crippen LogP contribution in [-0.2, 0) is 4.57 Å². The number of hydrogen-bond donors (Lipinski definition) is 2. The van der Waals surface area contributed by atoms with Crippen molar-refractivity contribution in [3.05, 3.63) is 91.0 Å². The van der Waals surface area contributed by atoms with Gasteiger partial charge in [-0.1, -0.05) is 60.7 Å². The molecule has 0 aliphatic heterocycles. The molecule has 0 amide bonds. The second-order valence-corrected chi connectivity index (χ2v) is 7.49. The smallest absolute Gasteiger partial charge is 0.404 e. The van der Waals surface area contributed by atoms with Gasteiger partial charge < -0.3 is 4.52 Å². The van der Waals surface area contributed by atoms with Crippen molar-refractivity contribution < 1.29 is 18.9 Å².